The van der Waals surface area contributed by atoms with Crippen molar-refractivity contribution in [3.8, 4) is 5.75 Å². The van der Waals surface area contributed by atoms with Crippen LogP contribution in [0.25, 0.3) is 0 Å². The third-order valence-electron chi connectivity index (χ3n) is 2.60. The van der Waals surface area contributed by atoms with Crippen LogP contribution in [0, 0.1) is 20.8 Å². The normalized spacial score (nSPS) is 12.2. The minimum absolute atomic E-state index is 0.308. The van der Waals surface area contributed by atoms with Crippen LogP contribution in [0.5, 0.6) is 5.75 Å². The van der Waals surface area contributed by atoms with Gasteiger partial charge in [0.2, 0.25) is 0 Å². The number of hydrogen-bond donors (Lipinski definition) is 2. The molecule has 1 aromatic carbocycles. The van der Waals surface area contributed by atoms with E-state index in [0.29, 0.717) is 13.0 Å². The second-order valence-electron chi connectivity index (χ2n) is 4.31. The van der Waals surface area contributed by atoms with Gasteiger partial charge in [-0.1, -0.05) is 17.7 Å². The fourth-order valence-electron chi connectivity index (χ4n) is 1.81. The zero-order valence-corrected chi connectivity index (χ0v) is 10.5. The highest BCUT2D eigenvalue weighted by Gasteiger charge is 2.12. The third-order valence-corrected chi connectivity index (χ3v) is 2.60. The number of ether oxygens (including phenoxy) is 1. The molecular formula is C13H19NO3. The molecule has 0 saturated heterocycles. The summed E-state index contributed by atoms with van der Waals surface area (Å²) >= 11 is 0. The van der Waals surface area contributed by atoms with Crippen molar-refractivity contribution in [1.29, 1.82) is 0 Å². The molecule has 0 heterocycles. The van der Waals surface area contributed by atoms with E-state index in [-0.39, 0.29) is 0 Å². The summed E-state index contributed by atoms with van der Waals surface area (Å²) in [4.78, 5) is 10.5. The molecule has 0 bridgehead atoms. The van der Waals surface area contributed by atoms with Crippen LogP contribution in [0.2, 0.25) is 0 Å². The molecule has 1 atom stereocenters. The maximum atomic E-state index is 10.5. The molecule has 17 heavy (non-hydrogen) atoms. The fraction of sp³-hybridized carbons (Fsp3) is 0.462. The number of rotatable bonds is 5. The molecule has 4 heteroatoms. The highest BCUT2D eigenvalue weighted by Crippen LogP contribution is 2.24. The van der Waals surface area contributed by atoms with E-state index in [1.807, 2.05) is 32.9 Å². The Kier molecular flexibility index (Phi) is 4.52. The molecule has 0 aliphatic carbocycles. The number of carboxylic acids is 1. The molecule has 0 amide bonds. The van der Waals surface area contributed by atoms with Gasteiger partial charge in [0.25, 0.3) is 0 Å². The first-order valence-electron chi connectivity index (χ1n) is 5.61. The highest BCUT2D eigenvalue weighted by molar-refractivity contribution is 5.72. The minimum Gasteiger partial charge on any atom is -0.493 e. The van der Waals surface area contributed by atoms with E-state index < -0.39 is 12.0 Å². The van der Waals surface area contributed by atoms with E-state index in [1.165, 1.54) is 5.56 Å². The Bertz CT molecular complexity index is 392. The Morgan fingerprint density at radius 1 is 1.35 bits per heavy atom. The maximum Gasteiger partial charge on any atom is 0.320 e. The molecule has 0 saturated carbocycles. The smallest absolute Gasteiger partial charge is 0.320 e. The molecule has 4 nitrogen and oxygen atoms in total. The molecule has 3 N–H and O–H groups in total. The van der Waals surface area contributed by atoms with Gasteiger partial charge in [0, 0.05) is 6.42 Å². The van der Waals surface area contributed by atoms with Gasteiger partial charge in [-0.05, 0) is 31.9 Å². The van der Waals surface area contributed by atoms with Gasteiger partial charge in [-0.2, -0.15) is 0 Å². The van der Waals surface area contributed by atoms with Gasteiger partial charge in [-0.15, -0.1) is 0 Å². The number of nitrogens with two attached hydrogens (primary N) is 1. The standard InChI is InChI=1S/C13H19NO3/c1-8-6-9(2)12(10(3)7-8)17-5-4-11(14)13(15)16/h6-7,11H,4-5,14H2,1-3H3,(H,15,16). The summed E-state index contributed by atoms with van der Waals surface area (Å²) in [6.45, 7) is 6.31. The summed E-state index contributed by atoms with van der Waals surface area (Å²) in [7, 11) is 0. The second kappa shape index (κ2) is 5.68. The predicted molar refractivity (Wildman–Crippen MR) is 66.4 cm³/mol. The van der Waals surface area contributed by atoms with Crippen LogP contribution in [0.1, 0.15) is 23.1 Å². The summed E-state index contributed by atoms with van der Waals surface area (Å²) in [5, 5.41) is 8.64. The van der Waals surface area contributed by atoms with Crippen molar-refractivity contribution in [2.45, 2.75) is 33.2 Å². The van der Waals surface area contributed by atoms with Crippen LogP contribution in [0.4, 0.5) is 0 Å². The molecule has 94 valence electrons. The van der Waals surface area contributed by atoms with Crippen LogP contribution in [0.3, 0.4) is 0 Å². The number of aliphatic carboxylic acids is 1. The average Bonchev–Trinajstić information content (AvgIpc) is 2.21. The summed E-state index contributed by atoms with van der Waals surface area (Å²) in [6.07, 6.45) is 0.308. The topological polar surface area (TPSA) is 72.5 Å². The van der Waals surface area contributed by atoms with Crippen molar-refractivity contribution in [3.05, 3.63) is 28.8 Å². The first-order valence-corrected chi connectivity index (χ1v) is 5.61. The van der Waals surface area contributed by atoms with Crippen molar-refractivity contribution in [2.75, 3.05) is 6.61 Å². The second-order valence-corrected chi connectivity index (χ2v) is 4.31. The quantitative estimate of drug-likeness (QED) is 0.819. The molecule has 1 unspecified atom stereocenters. The molecule has 0 fully saturated rings. The molecule has 0 aliphatic rings. The van der Waals surface area contributed by atoms with E-state index in [0.717, 1.165) is 16.9 Å². The number of carboxylic acid groups (broad SMARTS) is 1. The van der Waals surface area contributed by atoms with Gasteiger partial charge < -0.3 is 15.6 Å². The molecule has 0 aliphatic heterocycles. The first-order chi connectivity index (χ1) is 7.91. The fourth-order valence-corrected chi connectivity index (χ4v) is 1.81. The Labute approximate surface area is 101 Å². The Morgan fingerprint density at radius 2 is 1.88 bits per heavy atom. The maximum absolute atomic E-state index is 10.5. The number of aryl methyl sites for hydroxylation is 3. The highest BCUT2D eigenvalue weighted by atomic mass is 16.5. The van der Waals surface area contributed by atoms with Gasteiger partial charge in [-0.3, -0.25) is 4.79 Å². The third kappa shape index (κ3) is 3.75. The summed E-state index contributed by atoms with van der Waals surface area (Å²) in [5.41, 5.74) is 8.71. The van der Waals surface area contributed by atoms with Gasteiger partial charge in [0.05, 0.1) is 6.61 Å². The van der Waals surface area contributed by atoms with E-state index in [4.69, 9.17) is 15.6 Å². The Morgan fingerprint density at radius 3 is 2.35 bits per heavy atom. The lowest BCUT2D eigenvalue weighted by Crippen LogP contribution is -2.31. The number of carbonyl (C=O) groups is 1. The van der Waals surface area contributed by atoms with Crippen LogP contribution >= 0.6 is 0 Å². The molecular weight excluding hydrogens is 218 g/mol. The van der Waals surface area contributed by atoms with Gasteiger partial charge >= 0.3 is 5.97 Å². The van der Waals surface area contributed by atoms with Crippen LogP contribution in [0.15, 0.2) is 12.1 Å². The molecule has 0 spiro atoms. The summed E-state index contributed by atoms with van der Waals surface area (Å²) in [5.74, 6) is -0.167. The van der Waals surface area contributed by atoms with Gasteiger partial charge in [0.15, 0.2) is 0 Å². The van der Waals surface area contributed by atoms with E-state index in [9.17, 15) is 4.79 Å². The van der Waals surface area contributed by atoms with Crippen molar-refractivity contribution in [3.63, 3.8) is 0 Å². The SMILES string of the molecule is Cc1cc(C)c(OCCC(N)C(=O)O)c(C)c1. The van der Waals surface area contributed by atoms with Crippen molar-refractivity contribution >= 4 is 5.97 Å². The lowest BCUT2D eigenvalue weighted by Gasteiger charge is -2.14. The minimum atomic E-state index is -0.994. The molecule has 0 radical (unpaired) electrons. The van der Waals surface area contributed by atoms with E-state index in [1.54, 1.807) is 0 Å². The summed E-state index contributed by atoms with van der Waals surface area (Å²) < 4.78 is 5.60. The number of benzene rings is 1. The van der Waals surface area contributed by atoms with Gasteiger partial charge in [0.1, 0.15) is 11.8 Å². The van der Waals surface area contributed by atoms with Gasteiger partial charge in [-0.25, -0.2) is 0 Å². The molecule has 0 aromatic heterocycles. The van der Waals surface area contributed by atoms with E-state index >= 15 is 0 Å². The van der Waals surface area contributed by atoms with Crippen LogP contribution in [-0.2, 0) is 4.79 Å². The van der Waals surface area contributed by atoms with E-state index in [2.05, 4.69) is 0 Å². The Hall–Kier alpha value is -1.55. The zero-order chi connectivity index (χ0) is 13.0. The van der Waals surface area contributed by atoms with Crippen LogP contribution < -0.4 is 10.5 Å². The lowest BCUT2D eigenvalue weighted by atomic mass is 10.1. The molecule has 1 aromatic rings. The monoisotopic (exact) mass is 237 g/mol. The Balaban J connectivity index is 2.61. The predicted octanol–water partition coefficient (Wildman–Crippen LogP) is 1.79. The largest absolute Gasteiger partial charge is 0.493 e. The number of hydrogen-bond acceptors (Lipinski definition) is 3. The summed E-state index contributed by atoms with van der Waals surface area (Å²) in [6, 6.07) is 3.22. The van der Waals surface area contributed by atoms with Crippen molar-refractivity contribution in [1.82, 2.24) is 0 Å². The lowest BCUT2D eigenvalue weighted by molar-refractivity contribution is -0.138. The van der Waals surface area contributed by atoms with Crippen LogP contribution in [-0.4, -0.2) is 23.7 Å². The van der Waals surface area contributed by atoms with Crippen molar-refractivity contribution in [2.24, 2.45) is 5.73 Å². The average molecular weight is 237 g/mol. The first kappa shape index (κ1) is 13.5. The zero-order valence-electron chi connectivity index (χ0n) is 10.5. The van der Waals surface area contributed by atoms with Crippen molar-refractivity contribution < 1.29 is 14.6 Å². The molecule has 1 rings (SSSR count).